The lowest BCUT2D eigenvalue weighted by atomic mass is 10.1. The van der Waals surface area contributed by atoms with E-state index in [1.165, 1.54) is 6.07 Å². The van der Waals surface area contributed by atoms with Gasteiger partial charge in [0.1, 0.15) is 17.9 Å². The quantitative estimate of drug-likeness (QED) is 0.0541. The Hall–Kier alpha value is -5.50. The Morgan fingerprint density at radius 2 is 1.47 bits per heavy atom. The van der Waals surface area contributed by atoms with Crippen molar-refractivity contribution in [3.8, 4) is 11.5 Å². The highest BCUT2D eigenvalue weighted by molar-refractivity contribution is 6.20. The van der Waals surface area contributed by atoms with Crippen LogP contribution in [0, 0.1) is 20.2 Å². The van der Waals surface area contributed by atoms with Gasteiger partial charge in [-0.1, -0.05) is 0 Å². The summed E-state index contributed by atoms with van der Waals surface area (Å²) in [6, 6.07) is 6.33. The summed E-state index contributed by atoms with van der Waals surface area (Å²) in [6.07, 6.45) is 0.613. The Bertz CT molecular complexity index is 1240. The number of ether oxygens (including phenoxy) is 2. The van der Waals surface area contributed by atoms with Crippen molar-refractivity contribution in [2.45, 2.75) is 20.3 Å². The lowest BCUT2D eigenvalue weighted by Gasteiger charge is -2.03. The van der Waals surface area contributed by atoms with Gasteiger partial charge in [0, 0.05) is 12.1 Å². The van der Waals surface area contributed by atoms with Crippen LogP contribution in [-0.2, 0) is 19.1 Å². The number of esters is 2. The van der Waals surface area contributed by atoms with E-state index in [-0.39, 0.29) is 34.9 Å². The molecule has 0 amide bonds. The maximum atomic E-state index is 11.6. The van der Waals surface area contributed by atoms with Gasteiger partial charge in [-0.05, 0) is 26.0 Å². The number of hydrogen-bond acceptors (Lipinski definition) is 12. The van der Waals surface area contributed by atoms with Crippen molar-refractivity contribution in [1.82, 2.24) is 0 Å². The molecule has 2 rings (SSSR count). The van der Waals surface area contributed by atoms with Crippen molar-refractivity contribution in [1.29, 1.82) is 0 Å². The number of Topliss-reactive ketones (excluding diaryl/α,β-unsaturated/α-hetero) is 1. The minimum Gasteiger partial charge on any atom is -0.507 e. The minimum absolute atomic E-state index is 0.0422. The maximum Gasteiger partial charge on any atom is 0.413 e. The third-order valence-corrected chi connectivity index (χ3v) is 3.90. The smallest absolute Gasteiger partial charge is 0.413 e. The fourth-order valence-electron chi connectivity index (χ4n) is 2.28. The summed E-state index contributed by atoms with van der Waals surface area (Å²) in [6.45, 7) is 3.72. The van der Waals surface area contributed by atoms with Gasteiger partial charge < -0.3 is 25.2 Å². The molecule has 2 aromatic rings. The van der Waals surface area contributed by atoms with E-state index in [1.54, 1.807) is 13.8 Å². The Balaban J connectivity index is 0.000000590. The monoisotopic (exact) mass is 534 g/mol. The first-order valence-electron chi connectivity index (χ1n) is 10.3. The van der Waals surface area contributed by atoms with E-state index in [0.717, 1.165) is 30.3 Å². The lowest BCUT2D eigenvalue weighted by Crippen LogP contribution is -2.11. The normalized spacial score (nSPS) is 9.11. The number of nitrogens with zero attached hydrogens (tertiary/aromatic N) is 4. The number of aldehydes is 1. The summed E-state index contributed by atoms with van der Waals surface area (Å²) in [5.74, 6) is -2.89. The molecule has 16 nitrogen and oxygen atoms in total. The third kappa shape index (κ3) is 11.8. The number of rotatable bonds is 9. The van der Waals surface area contributed by atoms with Crippen LogP contribution in [0.5, 0.6) is 11.5 Å². The maximum absolute atomic E-state index is 11.6. The fourth-order valence-corrected chi connectivity index (χ4v) is 2.28. The van der Waals surface area contributed by atoms with Gasteiger partial charge in [0.05, 0.1) is 46.3 Å². The van der Waals surface area contributed by atoms with Gasteiger partial charge in [-0.15, -0.1) is 0 Å². The van der Waals surface area contributed by atoms with Crippen LogP contribution in [0.15, 0.2) is 36.4 Å². The molecular formula is C22H22N4O12. The summed E-state index contributed by atoms with van der Waals surface area (Å²) < 4.78 is 8.92. The molecule has 0 aromatic heterocycles. The Morgan fingerprint density at radius 1 is 0.947 bits per heavy atom. The second kappa shape index (κ2) is 17.0. The van der Waals surface area contributed by atoms with Crippen LogP contribution in [0.1, 0.15) is 41.0 Å². The van der Waals surface area contributed by atoms with Gasteiger partial charge in [0.25, 0.3) is 11.4 Å². The molecule has 2 aromatic carbocycles. The first kappa shape index (κ1) is 32.5. The van der Waals surface area contributed by atoms with Crippen molar-refractivity contribution in [2.24, 2.45) is 0 Å². The zero-order valence-electron chi connectivity index (χ0n) is 20.0. The number of aromatic hydroxyl groups is 2. The van der Waals surface area contributed by atoms with Crippen molar-refractivity contribution in [2.75, 3.05) is 13.2 Å². The number of ketones is 1. The average Bonchev–Trinajstić information content (AvgIpc) is 2.85. The van der Waals surface area contributed by atoms with E-state index in [2.05, 4.69) is 14.3 Å². The predicted molar refractivity (Wildman–Crippen MR) is 127 cm³/mol. The molecule has 0 spiro atoms. The van der Waals surface area contributed by atoms with Gasteiger partial charge in [0.15, 0.2) is 12.1 Å². The standard InChI is InChI=1S/C11H11NO6.C7H5NO4.C4H6N2O2/c1-2-18-11(15)6-10(14)8-4-3-7(12(16)17)5-9(8)13;9-4-5-1-2-6(8(11)12)3-7(5)10;1-2-8-4(7)3-6-5/h3-5,13H,2,6H2,1H3;1-4,10H;3H,2H2,1H3. The van der Waals surface area contributed by atoms with Gasteiger partial charge in [-0.25, -0.2) is 4.79 Å². The topological polar surface area (TPSA) is 250 Å². The number of carbonyl (C=O) groups excluding carboxylic acids is 4. The van der Waals surface area contributed by atoms with Crippen molar-refractivity contribution >= 4 is 41.6 Å². The molecule has 0 radical (unpaired) electrons. The SMILES string of the molecule is CCOC(=O)C=[N+]=[N-].CCOC(=O)CC(=O)c1ccc([N+](=O)[O-])cc1O.O=Cc1ccc([N+](=O)[O-])cc1O. The zero-order chi connectivity index (χ0) is 29.3. The summed E-state index contributed by atoms with van der Waals surface area (Å²) in [5.41, 5.74) is 7.06. The second-order valence-electron chi connectivity index (χ2n) is 6.48. The average molecular weight is 534 g/mol. The number of hydrogen-bond donors (Lipinski definition) is 2. The Labute approximate surface area is 213 Å². The van der Waals surface area contributed by atoms with E-state index >= 15 is 0 Å². The molecule has 0 fully saturated rings. The molecule has 0 atom stereocenters. The molecule has 0 saturated heterocycles. The summed E-state index contributed by atoms with van der Waals surface area (Å²) >= 11 is 0. The van der Waals surface area contributed by atoms with Crippen molar-refractivity contribution in [3.63, 3.8) is 0 Å². The number of non-ortho nitro benzene ring substituents is 2. The molecule has 16 heteroatoms. The van der Waals surface area contributed by atoms with Gasteiger partial charge in [-0.3, -0.25) is 34.6 Å². The summed E-state index contributed by atoms with van der Waals surface area (Å²) in [7, 11) is 0. The van der Waals surface area contributed by atoms with Crippen LogP contribution in [0.25, 0.3) is 5.53 Å². The van der Waals surface area contributed by atoms with Crippen LogP contribution in [0.4, 0.5) is 11.4 Å². The van der Waals surface area contributed by atoms with E-state index < -0.39 is 39.7 Å². The van der Waals surface area contributed by atoms with Crippen molar-refractivity contribution in [3.05, 3.63) is 73.3 Å². The van der Waals surface area contributed by atoms with Gasteiger partial charge >= 0.3 is 18.2 Å². The van der Waals surface area contributed by atoms with Crippen molar-refractivity contribution < 1.29 is 53.5 Å². The van der Waals surface area contributed by atoms with E-state index in [0.29, 0.717) is 19.1 Å². The van der Waals surface area contributed by atoms with Crippen LogP contribution in [-0.4, -0.2) is 68.3 Å². The van der Waals surface area contributed by atoms with Gasteiger partial charge in [-0.2, -0.15) is 4.79 Å². The minimum atomic E-state index is -0.708. The first-order chi connectivity index (χ1) is 17.9. The fraction of sp³-hybridized carbons (Fsp3) is 0.227. The molecule has 38 heavy (non-hydrogen) atoms. The molecule has 202 valence electrons. The Morgan fingerprint density at radius 3 is 1.89 bits per heavy atom. The third-order valence-electron chi connectivity index (χ3n) is 3.90. The number of nitro benzene ring substituents is 2. The molecule has 2 N–H and O–H groups in total. The molecule has 0 unspecified atom stereocenters. The van der Waals surface area contributed by atoms with E-state index in [1.807, 2.05) is 0 Å². The van der Waals surface area contributed by atoms with E-state index in [4.69, 9.17) is 10.6 Å². The summed E-state index contributed by atoms with van der Waals surface area (Å²) in [4.78, 5) is 64.7. The first-order valence-corrected chi connectivity index (χ1v) is 10.3. The summed E-state index contributed by atoms with van der Waals surface area (Å²) in [5, 5.41) is 39.1. The number of phenols is 2. The number of benzene rings is 2. The zero-order valence-corrected chi connectivity index (χ0v) is 20.0. The molecule has 0 aliphatic carbocycles. The Kier molecular flexibility index (Phi) is 14.6. The highest BCUT2D eigenvalue weighted by Gasteiger charge is 2.18. The van der Waals surface area contributed by atoms with Crippen LogP contribution in [0.3, 0.4) is 0 Å². The molecule has 0 heterocycles. The predicted octanol–water partition coefficient (Wildman–Crippen LogP) is 2.40. The highest BCUT2D eigenvalue weighted by Crippen LogP contribution is 2.24. The molecular weight excluding hydrogens is 512 g/mol. The lowest BCUT2D eigenvalue weighted by molar-refractivity contribution is -0.385. The number of nitro groups is 2. The largest absolute Gasteiger partial charge is 0.507 e. The molecule has 0 saturated carbocycles. The van der Waals surface area contributed by atoms with E-state index in [9.17, 15) is 44.5 Å². The molecule has 0 bridgehead atoms. The second-order valence-corrected chi connectivity index (χ2v) is 6.48. The van der Waals surface area contributed by atoms with Crippen LogP contribution >= 0.6 is 0 Å². The van der Waals surface area contributed by atoms with Gasteiger partial charge in [0.2, 0.25) is 0 Å². The van der Waals surface area contributed by atoms with Crippen LogP contribution < -0.4 is 0 Å². The highest BCUT2D eigenvalue weighted by atomic mass is 16.6. The number of phenolic OH excluding ortho intramolecular Hbond substituents is 2. The number of carbonyl (C=O) groups is 4. The molecule has 0 aliphatic rings. The van der Waals surface area contributed by atoms with Crippen LogP contribution in [0.2, 0.25) is 0 Å². The molecule has 0 aliphatic heterocycles.